The van der Waals surface area contributed by atoms with E-state index < -0.39 is 30.4 Å². The van der Waals surface area contributed by atoms with E-state index >= 15 is 0 Å². The molecule has 2 N–H and O–H groups in total. The standard InChI is InChI=1S/C13H18F2N2O3/c14-13(15)5-12(1-2-16-11(12)20)6-17(7-13)10(19)8-3-9(18)4-8/h8-9,18H,1-7H2,(H,16,20)/t8?,9?,12-/m0/s1. The van der Waals surface area contributed by atoms with Crippen molar-refractivity contribution in [2.45, 2.75) is 37.7 Å². The number of nitrogens with zero attached hydrogens (tertiary/aromatic N) is 1. The molecule has 1 saturated carbocycles. The zero-order valence-electron chi connectivity index (χ0n) is 11.1. The highest BCUT2D eigenvalue weighted by molar-refractivity contribution is 5.87. The minimum atomic E-state index is -3.03. The van der Waals surface area contributed by atoms with E-state index in [2.05, 4.69) is 5.32 Å². The van der Waals surface area contributed by atoms with Crippen molar-refractivity contribution in [2.24, 2.45) is 11.3 Å². The van der Waals surface area contributed by atoms with Gasteiger partial charge in [0, 0.05) is 25.4 Å². The van der Waals surface area contributed by atoms with Crippen molar-refractivity contribution in [1.29, 1.82) is 0 Å². The maximum absolute atomic E-state index is 13.9. The molecule has 0 unspecified atom stereocenters. The second kappa shape index (κ2) is 4.38. The smallest absolute Gasteiger partial charge is 0.266 e. The number of likely N-dealkylation sites (tertiary alicyclic amines) is 1. The molecular formula is C13H18F2N2O3. The fraction of sp³-hybridized carbons (Fsp3) is 0.846. The molecule has 3 aliphatic rings. The number of hydrogen-bond acceptors (Lipinski definition) is 3. The lowest BCUT2D eigenvalue weighted by molar-refractivity contribution is -0.166. The molecule has 20 heavy (non-hydrogen) atoms. The first-order chi connectivity index (χ1) is 9.31. The van der Waals surface area contributed by atoms with Crippen LogP contribution in [-0.2, 0) is 9.59 Å². The summed E-state index contributed by atoms with van der Waals surface area (Å²) in [5.74, 6) is -4.13. The summed E-state index contributed by atoms with van der Waals surface area (Å²) >= 11 is 0. The van der Waals surface area contributed by atoms with Gasteiger partial charge in [-0.25, -0.2) is 8.78 Å². The molecule has 0 radical (unpaired) electrons. The molecule has 2 amide bonds. The van der Waals surface area contributed by atoms with Crippen molar-refractivity contribution in [3.05, 3.63) is 0 Å². The summed E-state index contributed by atoms with van der Waals surface area (Å²) in [6.45, 7) is -0.160. The lowest BCUT2D eigenvalue weighted by Gasteiger charge is -2.45. The highest BCUT2D eigenvalue weighted by Crippen LogP contribution is 2.44. The van der Waals surface area contributed by atoms with E-state index in [1.165, 1.54) is 0 Å². The number of alkyl halides is 2. The molecule has 112 valence electrons. The quantitative estimate of drug-likeness (QED) is 0.720. The molecule has 1 spiro atoms. The van der Waals surface area contributed by atoms with Gasteiger partial charge in [-0.3, -0.25) is 9.59 Å². The van der Waals surface area contributed by atoms with Gasteiger partial charge in [-0.15, -0.1) is 0 Å². The van der Waals surface area contributed by atoms with Crippen LogP contribution in [0.2, 0.25) is 0 Å². The Balaban J connectivity index is 1.78. The number of carbonyl (C=O) groups excluding carboxylic acids is 2. The Morgan fingerprint density at radius 3 is 2.60 bits per heavy atom. The Labute approximate surface area is 115 Å². The van der Waals surface area contributed by atoms with Crippen LogP contribution in [0.25, 0.3) is 0 Å². The monoisotopic (exact) mass is 288 g/mol. The normalized spacial score (nSPS) is 39.5. The van der Waals surface area contributed by atoms with Gasteiger partial charge in [0.25, 0.3) is 5.92 Å². The van der Waals surface area contributed by atoms with E-state index in [4.69, 9.17) is 0 Å². The lowest BCUT2D eigenvalue weighted by Crippen LogP contribution is -2.59. The maximum Gasteiger partial charge on any atom is 0.266 e. The first kappa shape index (κ1) is 13.7. The predicted octanol–water partition coefficient (Wildman–Crippen LogP) is 0.131. The third-order valence-corrected chi connectivity index (χ3v) is 4.66. The number of piperidine rings is 1. The van der Waals surface area contributed by atoms with Crippen LogP contribution in [0, 0.1) is 11.3 Å². The van der Waals surface area contributed by atoms with Crippen molar-refractivity contribution in [3.63, 3.8) is 0 Å². The van der Waals surface area contributed by atoms with Crippen LogP contribution < -0.4 is 5.32 Å². The van der Waals surface area contributed by atoms with Gasteiger partial charge in [0.2, 0.25) is 11.8 Å². The van der Waals surface area contributed by atoms with Crippen molar-refractivity contribution in [1.82, 2.24) is 10.2 Å². The summed E-state index contributed by atoms with van der Waals surface area (Å²) in [4.78, 5) is 25.2. The fourth-order valence-electron chi connectivity index (χ4n) is 3.55. The number of rotatable bonds is 1. The molecule has 0 aromatic heterocycles. The molecule has 2 saturated heterocycles. The van der Waals surface area contributed by atoms with E-state index in [1.807, 2.05) is 0 Å². The molecule has 7 heteroatoms. The lowest BCUT2D eigenvalue weighted by atomic mass is 9.75. The van der Waals surface area contributed by atoms with E-state index in [-0.39, 0.29) is 24.3 Å². The molecule has 2 aliphatic heterocycles. The zero-order chi connectivity index (χ0) is 14.5. The minimum absolute atomic E-state index is 0.0693. The summed E-state index contributed by atoms with van der Waals surface area (Å²) in [6.07, 6.45) is 0.0275. The predicted molar refractivity (Wildman–Crippen MR) is 64.9 cm³/mol. The van der Waals surface area contributed by atoms with E-state index in [9.17, 15) is 23.5 Å². The summed E-state index contributed by atoms with van der Waals surface area (Å²) in [7, 11) is 0. The largest absolute Gasteiger partial charge is 0.393 e. The SMILES string of the molecule is O=C(C1CC(O)C1)N1CC(F)(F)C[C@@]2(CCNC2=O)C1. The average molecular weight is 288 g/mol. The minimum Gasteiger partial charge on any atom is -0.393 e. The number of carbonyl (C=O) groups is 2. The third kappa shape index (κ3) is 2.17. The van der Waals surface area contributed by atoms with Gasteiger partial charge in [-0.1, -0.05) is 0 Å². The number of aliphatic hydroxyl groups is 1. The molecule has 0 aromatic rings. The Bertz CT molecular complexity index is 451. The Kier molecular flexibility index (Phi) is 3.00. The van der Waals surface area contributed by atoms with Crippen LogP contribution >= 0.6 is 0 Å². The van der Waals surface area contributed by atoms with Crippen molar-refractivity contribution in [3.8, 4) is 0 Å². The van der Waals surface area contributed by atoms with Gasteiger partial charge in [-0.05, 0) is 19.3 Å². The van der Waals surface area contributed by atoms with Gasteiger partial charge >= 0.3 is 0 Å². The maximum atomic E-state index is 13.9. The van der Waals surface area contributed by atoms with Crippen LogP contribution in [0.5, 0.6) is 0 Å². The van der Waals surface area contributed by atoms with Crippen molar-refractivity contribution >= 4 is 11.8 Å². The Morgan fingerprint density at radius 1 is 1.35 bits per heavy atom. The van der Waals surface area contributed by atoms with Crippen LogP contribution in [0.15, 0.2) is 0 Å². The van der Waals surface area contributed by atoms with Crippen LogP contribution in [0.3, 0.4) is 0 Å². The number of halogens is 2. The van der Waals surface area contributed by atoms with E-state index in [0.29, 0.717) is 25.8 Å². The van der Waals surface area contributed by atoms with Crippen LogP contribution in [-0.4, -0.2) is 53.5 Å². The number of hydrogen-bond donors (Lipinski definition) is 2. The topological polar surface area (TPSA) is 69.6 Å². The first-order valence-electron chi connectivity index (χ1n) is 6.94. The second-order valence-corrected chi connectivity index (χ2v) is 6.34. The third-order valence-electron chi connectivity index (χ3n) is 4.66. The summed E-state index contributed by atoms with van der Waals surface area (Å²) in [5.41, 5.74) is -1.14. The van der Waals surface area contributed by atoms with Crippen molar-refractivity contribution in [2.75, 3.05) is 19.6 Å². The average Bonchev–Trinajstić information content (AvgIpc) is 2.63. The van der Waals surface area contributed by atoms with E-state index in [1.54, 1.807) is 0 Å². The summed E-state index contributed by atoms with van der Waals surface area (Å²) in [6, 6.07) is 0. The molecule has 0 aromatic carbocycles. The number of nitrogens with one attached hydrogen (secondary N) is 1. The van der Waals surface area contributed by atoms with E-state index in [0.717, 1.165) is 4.90 Å². The van der Waals surface area contributed by atoms with Crippen molar-refractivity contribution < 1.29 is 23.5 Å². The molecule has 0 bridgehead atoms. The highest BCUT2D eigenvalue weighted by atomic mass is 19.3. The molecule has 3 rings (SSSR count). The zero-order valence-corrected chi connectivity index (χ0v) is 11.1. The van der Waals surface area contributed by atoms with Gasteiger partial charge in [0.05, 0.1) is 18.1 Å². The Hall–Kier alpha value is -1.24. The number of amides is 2. The summed E-state index contributed by atoms with van der Waals surface area (Å²) < 4.78 is 27.8. The van der Waals surface area contributed by atoms with Gasteiger partial charge in [-0.2, -0.15) is 0 Å². The Morgan fingerprint density at radius 2 is 2.05 bits per heavy atom. The first-order valence-corrected chi connectivity index (χ1v) is 6.94. The number of aliphatic hydroxyl groups excluding tert-OH is 1. The van der Waals surface area contributed by atoms with Gasteiger partial charge in [0.1, 0.15) is 0 Å². The molecule has 2 heterocycles. The molecular weight excluding hydrogens is 270 g/mol. The summed E-state index contributed by atoms with van der Waals surface area (Å²) in [5, 5.41) is 11.8. The molecule has 1 aliphatic carbocycles. The highest BCUT2D eigenvalue weighted by Gasteiger charge is 2.56. The molecule has 3 fully saturated rings. The van der Waals surface area contributed by atoms with Gasteiger partial charge in [0.15, 0.2) is 0 Å². The van der Waals surface area contributed by atoms with Gasteiger partial charge < -0.3 is 15.3 Å². The second-order valence-electron chi connectivity index (χ2n) is 6.34. The van der Waals surface area contributed by atoms with Crippen LogP contribution in [0.4, 0.5) is 8.78 Å². The molecule has 5 nitrogen and oxygen atoms in total. The molecule has 1 atom stereocenters. The fourth-order valence-corrected chi connectivity index (χ4v) is 3.55. The van der Waals surface area contributed by atoms with Crippen LogP contribution in [0.1, 0.15) is 25.7 Å².